The van der Waals surface area contributed by atoms with Crippen molar-refractivity contribution in [1.29, 1.82) is 0 Å². The highest BCUT2D eigenvalue weighted by Crippen LogP contribution is 2.18. The molecule has 0 heterocycles. The first-order valence-electron chi connectivity index (χ1n) is 3.03. The zero-order valence-electron chi connectivity index (χ0n) is 6.03. The monoisotopic (exact) mass is 268 g/mol. The molecule has 0 aromatic carbocycles. The fourth-order valence-corrected chi connectivity index (χ4v) is 0.752. The van der Waals surface area contributed by atoms with Crippen molar-refractivity contribution < 1.29 is 4.79 Å². The maximum absolute atomic E-state index is 10.5. The molecule has 0 spiro atoms. The first-order chi connectivity index (χ1) is 4.54. The SMILES string of the molecule is CC(=O)C/C=C(/Br)[C@@H](C)Br. The molecular weight excluding hydrogens is 260 g/mol. The summed E-state index contributed by atoms with van der Waals surface area (Å²) in [7, 11) is 0. The van der Waals surface area contributed by atoms with Crippen molar-refractivity contribution in [1.82, 2.24) is 0 Å². The summed E-state index contributed by atoms with van der Waals surface area (Å²) in [5.74, 6) is 0.185. The molecular formula is C7H10Br2O. The molecule has 10 heavy (non-hydrogen) atoms. The molecule has 1 atom stereocenters. The van der Waals surface area contributed by atoms with Crippen LogP contribution in [0.5, 0.6) is 0 Å². The number of hydrogen-bond acceptors (Lipinski definition) is 1. The lowest BCUT2D eigenvalue weighted by molar-refractivity contribution is -0.116. The van der Waals surface area contributed by atoms with Crippen LogP contribution in [-0.2, 0) is 4.79 Å². The van der Waals surface area contributed by atoms with Gasteiger partial charge in [0.2, 0.25) is 0 Å². The quantitative estimate of drug-likeness (QED) is 0.720. The lowest BCUT2D eigenvalue weighted by Gasteiger charge is -1.98. The summed E-state index contributed by atoms with van der Waals surface area (Å²) in [4.78, 5) is 10.8. The third-order valence-electron chi connectivity index (χ3n) is 0.965. The molecule has 0 N–H and O–H groups in total. The number of halogens is 2. The van der Waals surface area contributed by atoms with Gasteiger partial charge in [0.15, 0.2) is 0 Å². The smallest absolute Gasteiger partial charge is 0.133 e. The molecule has 58 valence electrons. The van der Waals surface area contributed by atoms with Crippen molar-refractivity contribution in [2.45, 2.75) is 25.1 Å². The normalized spacial score (nSPS) is 15.0. The Kier molecular flexibility index (Phi) is 5.27. The Morgan fingerprint density at radius 2 is 2.20 bits per heavy atom. The molecule has 0 aromatic rings. The van der Waals surface area contributed by atoms with Gasteiger partial charge in [0.1, 0.15) is 5.78 Å². The lowest BCUT2D eigenvalue weighted by atomic mass is 10.3. The number of carbonyl (C=O) groups excluding carboxylic acids is 1. The molecule has 0 aliphatic carbocycles. The van der Waals surface area contributed by atoms with Crippen LogP contribution in [0.4, 0.5) is 0 Å². The Bertz CT molecular complexity index is 150. The fourth-order valence-electron chi connectivity index (χ4n) is 0.404. The number of allylic oxidation sites excluding steroid dienone is 2. The third-order valence-corrected chi connectivity index (χ3v) is 3.08. The van der Waals surface area contributed by atoms with E-state index in [4.69, 9.17) is 0 Å². The van der Waals surface area contributed by atoms with Crippen LogP contribution in [-0.4, -0.2) is 10.6 Å². The number of ketones is 1. The molecule has 1 nitrogen and oxygen atoms in total. The van der Waals surface area contributed by atoms with Gasteiger partial charge >= 0.3 is 0 Å². The molecule has 0 rings (SSSR count). The van der Waals surface area contributed by atoms with Crippen LogP contribution in [0.15, 0.2) is 10.6 Å². The highest BCUT2D eigenvalue weighted by molar-refractivity contribution is 9.14. The highest BCUT2D eigenvalue weighted by atomic mass is 79.9. The third kappa shape index (κ3) is 5.18. The Hall–Kier alpha value is 0.370. The van der Waals surface area contributed by atoms with Gasteiger partial charge in [-0.2, -0.15) is 0 Å². The predicted octanol–water partition coefficient (Wildman–Crippen LogP) is 3.03. The van der Waals surface area contributed by atoms with Gasteiger partial charge in [0.25, 0.3) is 0 Å². The van der Waals surface area contributed by atoms with Crippen LogP contribution in [0.2, 0.25) is 0 Å². The first kappa shape index (κ1) is 10.4. The van der Waals surface area contributed by atoms with Crippen LogP contribution < -0.4 is 0 Å². The number of carbonyl (C=O) groups is 1. The summed E-state index contributed by atoms with van der Waals surface area (Å²) >= 11 is 6.70. The van der Waals surface area contributed by atoms with E-state index in [1.807, 2.05) is 13.0 Å². The minimum absolute atomic E-state index is 0.185. The van der Waals surface area contributed by atoms with E-state index in [0.29, 0.717) is 11.2 Å². The van der Waals surface area contributed by atoms with Crippen molar-refractivity contribution in [2.24, 2.45) is 0 Å². The molecule has 3 heteroatoms. The van der Waals surface area contributed by atoms with E-state index in [-0.39, 0.29) is 5.78 Å². The average molecular weight is 270 g/mol. The van der Waals surface area contributed by atoms with Crippen LogP contribution in [0.1, 0.15) is 20.3 Å². The van der Waals surface area contributed by atoms with E-state index in [0.717, 1.165) is 4.48 Å². The minimum atomic E-state index is 0.185. The average Bonchev–Trinajstić information content (AvgIpc) is 1.82. The van der Waals surface area contributed by atoms with Crippen LogP contribution >= 0.6 is 31.9 Å². The summed E-state index contributed by atoms with van der Waals surface area (Å²) in [6.07, 6.45) is 2.39. The molecule has 0 unspecified atom stereocenters. The number of Topliss-reactive ketones (excluding diaryl/α,β-unsaturated/α-hetero) is 1. The Morgan fingerprint density at radius 1 is 1.70 bits per heavy atom. The largest absolute Gasteiger partial charge is 0.300 e. The molecule has 0 amide bonds. The fraction of sp³-hybridized carbons (Fsp3) is 0.571. The van der Waals surface area contributed by atoms with E-state index in [1.165, 1.54) is 0 Å². The van der Waals surface area contributed by atoms with Gasteiger partial charge in [-0.05, 0) is 13.8 Å². The van der Waals surface area contributed by atoms with Crippen molar-refractivity contribution in [2.75, 3.05) is 0 Å². The summed E-state index contributed by atoms with van der Waals surface area (Å²) < 4.78 is 1.03. The molecule has 0 aliphatic rings. The van der Waals surface area contributed by atoms with Gasteiger partial charge < -0.3 is 0 Å². The highest BCUT2D eigenvalue weighted by Gasteiger charge is 1.99. The van der Waals surface area contributed by atoms with Crippen molar-refractivity contribution in [3.63, 3.8) is 0 Å². The standard InChI is InChI=1S/C7H10Br2O/c1-5(10)3-4-7(9)6(2)8/h4,6H,3H2,1-2H3/b7-4+/t6-/m1/s1. The van der Waals surface area contributed by atoms with Crippen LogP contribution in [0, 0.1) is 0 Å². The maximum atomic E-state index is 10.5. The van der Waals surface area contributed by atoms with Gasteiger partial charge in [-0.3, -0.25) is 4.79 Å². The molecule has 0 bridgehead atoms. The van der Waals surface area contributed by atoms with Crippen LogP contribution in [0.3, 0.4) is 0 Å². The predicted molar refractivity (Wildman–Crippen MR) is 50.7 cm³/mol. The topological polar surface area (TPSA) is 17.1 Å². The van der Waals surface area contributed by atoms with Crippen molar-refractivity contribution in [3.05, 3.63) is 10.6 Å². The van der Waals surface area contributed by atoms with E-state index in [9.17, 15) is 4.79 Å². The van der Waals surface area contributed by atoms with Gasteiger partial charge in [-0.25, -0.2) is 0 Å². The zero-order chi connectivity index (χ0) is 8.15. The summed E-state index contributed by atoms with van der Waals surface area (Å²) in [6.45, 7) is 3.58. The molecule has 0 aromatic heterocycles. The Morgan fingerprint density at radius 3 is 2.50 bits per heavy atom. The molecule has 0 saturated carbocycles. The summed E-state index contributed by atoms with van der Waals surface area (Å²) in [6, 6.07) is 0. The van der Waals surface area contributed by atoms with E-state index < -0.39 is 0 Å². The second-order valence-corrected chi connectivity index (χ2v) is 4.40. The summed E-state index contributed by atoms with van der Waals surface area (Å²) in [5, 5.41) is 0. The molecule has 0 fully saturated rings. The second kappa shape index (κ2) is 5.08. The molecule has 0 saturated heterocycles. The van der Waals surface area contributed by atoms with Crippen LogP contribution in [0.25, 0.3) is 0 Å². The maximum Gasteiger partial charge on any atom is 0.133 e. The Balaban J connectivity index is 3.80. The Labute approximate surface area is 78.1 Å². The number of hydrogen-bond donors (Lipinski definition) is 0. The van der Waals surface area contributed by atoms with Gasteiger partial charge in [0.05, 0.1) is 0 Å². The summed E-state index contributed by atoms with van der Waals surface area (Å²) in [5.41, 5.74) is 0. The van der Waals surface area contributed by atoms with Gasteiger partial charge in [-0.1, -0.05) is 37.9 Å². The lowest BCUT2D eigenvalue weighted by Crippen LogP contribution is -1.91. The number of rotatable bonds is 3. The second-order valence-electron chi connectivity index (χ2n) is 2.11. The van der Waals surface area contributed by atoms with Crippen molar-refractivity contribution in [3.8, 4) is 0 Å². The first-order valence-corrected chi connectivity index (χ1v) is 4.74. The number of alkyl halides is 1. The van der Waals surface area contributed by atoms with E-state index >= 15 is 0 Å². The zero-order valence-corrected chi connectivity index (χ0v) is 9.20. The minimum Gasteiger partial charge on any atom is -0.300 e. The molecule has 0 radical (unpaired) electrons. The molecule has 0 aliphatic heterocycles. The van der Waals surface area contributed by atoms with Crippen molar-refractivity contribution >= 4 is 37.6 Å². The van der Waals surface area contributed by atoms with E-state index in [1.54, 1.807) is 6.92 Å². The van der Waals surface area contributed by atoms with E-state index in [2.05, 4.69) is 31.9 Å². The van der Waals surface area contributed by atoms with Gasteiger partial charge in [0, 0.05) is 15.7 Å². The van der Waals surface area contributed by atoms with Gasteiger partial charge in [-0.15, -0.1) is 0 Å².